The molecule has 3 aromatic carbocycles. The van der Waals surface area contributed by atoms with E-state index in [1.54, 1.807) is 36.4 Å². The summed E-state index contributed by atoms with van der Waals surface area (Å²) < 4.78 is 50.1. The quantitative estimate of drug-likeness (QED) is 0.479. The Morgan fingerprint density at radius 3 is 2.28 bits per heavy atom. The van der Waals surface area contributed by atoms with Gasteiger partial charge in [0.1, 0.15) is 12.4 Å². The Balaban J connectivity index is 1.50. The van der Waals surface area contributed by atoms with Crippen LogP contribution in [0.4, 0.5) is 13.2 Å². The fourth-order valence-corrected chi connectivity index (χ4v) is 3.20. The van der Waals surface area contributed by atoms with Gasteiger partial charge in [-0.05, 0) is 52.6 Å². The number of alkyl halides is 3. The lowest BCUT2D eigenvalue weighted by Gasteiger charge is -2.11. The minimum absolute atomic E-state index is 0.0111. The summed E-state index contributed by atoms with van der Waals surface area (Å²) in [6.07, 6.45) is -4.41. The van der Waals surface area contributed by atoms with Crippen molar-refractivity contribution in [3.8, 4) is 16.9 Å². The van der Waals surface area contributed by atoms with Crippen molar-refractivity contribution < 1.29 is 22.4 Å². The van der Waals surface area contributed by atoms with Crippen molar-refractivity contribution in [2.75, 3.05) is 0 Å². The molecule has 0 atom stereocenters. The van der Waals surface area contributed by atoms with Crippen molar-refractivity contribution >= 4 is 0 Å². The van der Waals surface area contributed by atoms with Gasteiger partial charge in [-0.2, -0.15) is 13.2 Å². The number of halogens is 3. The van der Waals surface area contributed by atoms with Gasteiger partial charge < -0.3 is 9.26 Å². The molecule has 1 aromatic heterocycles. The summed E-state index contributed by atoms with van der Waals surface area (Å²) in [5.74, 6) is -0.324. The van der Waals surface area contributed by atoms with E-state index in [-0.39, 0.29) is 13.2 Å². The predicted octanol–water partition coefficient (Wildman–Crippen LogP) is 4.44. The summed E-state index contributed by atoms with van der Waals surface area (Å²) in [6.45, 7) is 0.0694. The predicted molar refractivity (Wildman–Crippen MR) is 110 cm³/mol. The molecule has 164 valence electrons. The first-order valence-corrected chi connectivity index (χ1v) is 9.57. The molecule has 1 heterocycles. The number of aromatic amines is 1. The fraction of sp³-hybridized carbons (Fsp3) is 0.130. The molecular weight excluding hydrogens is 425 g/mol. The van der Waals surface area contributed by atoms with Gasteiger partial charge in [0.15, 0.2) is 0 Å². The van der Waals surface area contributed by atoms with Crippen LogP contribution in [0.2, 0.25) is 0 Å². The number of H-pyrrole nitrogens is 1. The second kappa shape index (κ2) is 8.62. The molecule has 4 aromatic rings. The van der Waals surface area contributed by atoms with Crippen molar-refractivity contribution in [2.24, 2.45) is 0 Å². The van der Waals surface area contributed by atoms with Gasteiger partial charge >= 0.3 is 17.6 Å². The van der Waals surface area contributed by atoms with Crippen molar-refractivity contribution in [3.63, 3.8) is 0 Å². The highest BCUT2D eigenvalue weighted by Crippen LogP contribution is 2.30. The van der Waals surface area contributed by atoms with E-state index >= 15 is 0 Å². The topological polar surface area (TPSA) is 77.2 Å². The summed E-state index contributed by atoms with van der Waals surface area (Å²) in [5, 5.41) is 0. The third-order valence-electron chi connectivity index (χ3n) is 4.71. The standard InChI is InChI=1S/C23H17F3N2O4/c24-23(25,26)19-8-2-5-16(11-19)14-31-20-9-3-7-18(12-20)17-6-1-4-15(10-17)13-28-21(29)27-22(30)32-28/h1-12H,13-14H2,(H,27,29,30). The zero-order chi connectivity index (χ0) is 22.7. The first-order chi connectivity index (χ1) is 15.3. The van der Waals surface area contributed by atoms with E-state index in [1.165, 1.54) is 6.07 Å². The van der Waals surface area contributed by atoms with E-state index < -0.39 is 23.2 Å². The third kappa shape index (κ3) is 5.00. The number of hydrogen-bond donors (Lipinski definition) is 1. The van der Waals surface area contributed by atoms with Crippen LogP contribution in [0.3, 0.4) is 0 Å². The average molecular weight is 442 g/mol. The van der Waals surface area contributed by atoms with Crippen LogP contribution in [0.5, 0.6) is 5.75 Å². The Morgan fingerprint density at radius 1 is 0.875 bits per heavy atom. The van der Waals surface area contributed by atoms with Gasteiger partial charge in [-0.25, -0.2) is 14.6 Å². The van der Waals surface area contributed by atoms with Crippen LogP contribution >= 0.6 is 0 Å². The van der Waals surface area contributed by atoms with Crippen LogP contribution in [0, 0.1) is 0 Å². The summed E-state index contributed by atoms with van der Waals surface area (Å²) in [7, 11) is 0. The first kappa shape index (κ1) is 21.2. The van der Waals surface area contributed by atoms with Crippen LogP contribution in [0.25, 0.3) is 11.1 Å². The molecule has 0 bridgehead atoms. The van der Waals surface area contributed by atoms with Gasteiger partial charge in [0.05, 0.1) is 12.1 Å². The Labute approximate surface area is 179 Å². The normalized spacial score (nSPS) is 11.5. The van der Waals surface area contributed by atoms with Gasteiger partial charge in [-0.15, -0.1) is 4.74 Å². The highest BCUT2D eigenvalue weighted by Gasteiger charge is 2.30. The average Bonchev–Trinajstić information content (AvgIpc) is 3.09. The first-order valence-electron chi connectivity index (χ1n) is 9.57. The molecule has 1 N–H and O–H groups in total. The van der Waals surface area contributed by atoms with Crippen molar-refractivity contribution in [3.05, 3.63) is 111 Å². The van der Waals surface area contributed by atoms with Gasteiger partial charge in [0.25, 0.3) is 0 Å². The number of rotatable bonds is 6. The maximum atomic E-state index is 12.9. The zero-order valence-electron chi connectivity index (χ0n) is 16.6. The van der Waals surface area contributed by atoms with E-state index in [2.05, 4.69) is 0 Å². The van der Waals surface area contributed by atoms with Crippen molar-refractivity contribution in [1.82, 2.24) is 9.72 Å². The van der Waals surface area contributed by atoms with Crippen molar-refractivity contribution in [2.45, 2.75) is 19.3 Å². The van der Waals surface area contributed by atoms with Crippen LogP contribution in [-0.4, -0.2) is 9.72 Å². The molecule has 0 unspecified atom stereocenters. The Morgan fingerprint density at radius 2 is 1.56 bits per heavy atom. The molecule has 32 heavy (non-hydrogen) atoms. The van der Waals surface area contributed by atoms with E-state index in [1.807, 2.05) is 23.2 Å². The second-order valence-corrected chi connectivity index (χ2v) is 7.06. The Hall–Kier alpha value is -4.01. The molecule has 6 nitrogen and oxygen atoms in total. The van der Waals surface area contributed by atoms with Crippen LogP contribution < -0.4 is 16.2 Å². The molecular formula is C23H17F3N2O4. The Bertz CT molecular complexity index is 1350. The summed E-state index contributed by atoms with van der Waals surface area (Å²) >= 11 is 0. The molecule has 0 saturated heterocycles. The maximum absolute atomic E-state index is 12.9. The number of nitrogens with one attached hydrogen (secondary N) is 1. The van der Waals surface area contributed by atoms with Gasteiger partial charge in [-0.3, -0.25) is 0 Å². The van der Waals surface area contributed by atoms with Gasteiger partial charge in [-0.1, -0.05) is 42.5 Å². The van der Waals surface area contributed by atoms with Gasteiger partial charge in [0.2, 0.25) is 0 Å². The molecule has 0 radical (unpaired) electrons. The maximum Gasteiger partial charge on any atom is 0.440 e. The number of benzene rings is 3. The minimum atomic E-state index is -4.41. The highest BCUT2D eigenvalue weighted by molar-refractivity contribution is 5.65. The van der Waals surface area contributed by atoms with E-state index in [4.69, 9.17) is 9.26 Å². The van der Waals surface area contributed by atoms with E-state index in [0.717, 1.165) is 33.6 Å². The van der Waals surface area contributed by atoms with Gasteiger partial charge in [0, 0.05) is 0 Å². The number of hydrogen-bond acceptors (Lipinski definition) is 4. The lowest BCUT2D eigenvalue weighted by Crippen LogP contribution is -2.17. The zero-order valence-corrected chi connectivity index (χ0v) is 16.6. The summed E-state index contributed by atoms with van der Waals surface area (Å²) in [5.41, 5.74) is 1.44. The summed E-state index contributed by atoms with van der Waals surface area (Å²) in [4.78, 5) is 24.8. The fourth-order valence-electron chi connectivity index (χ4n) is 3.20. The molecule has 9 heteroatoms. The molecule has 0 aliphatic carbocycles. The van der Waals surface area contributed by atoms with Crippen LogP contribution in [-0.2, 0) is 19.3 Å². The molecule has 0 aliphatic rings. The highest BCUT2D eigenvalue weighted by atomic mass is 19.4. The Kier molecular flexibility index (Phi) is 5.72. The smallest absolute Gasteiger partial charge is 0.440 e. The number of ether oxygens (including phenoxy) is 1. The molecule has 0 aliphatic heterocycles. The molecule has 0 saturated carbocycles. The van der Waals surface area contributed by atoms with Crippen LogP contribution in [0.15, 0.2) is 86.9 Å². The summed E-state index contributed by atoms with van der Waals surface area (Å²) in [6, 6.07) is 19.4. The largest absolute Gasteiger partial charge is 0.489 e. The monoisotopic (exact) mass is 442 g/mol. The molecule has 0 fully saturated rings. The SMILES string of the molecule is O=c1[nH]c(=O)n(Cc2cccc(-c3cccc(OCc4cccc(C(F)(F)F)c4)c3)c2)o1. The lowest BCUT2D eigenvalue weighted by molar-refractivity contribution is -0.137. The second-order valence-electron chi connectivity index (χ2n) is 7.06. The minimum Gasteiger partial charge on any atom is -0.489 e. The number of nitrogens with zero attached hydrogens (tertiary/aromatic N) is 1. The van der Waals surface area contributed by atoms with Crippen molar-refractivity contribution in [1.29, 1.82) is 0 Å². The molecule has 4 rings (SSSR count). The number of aromatic nitrogens is 2. The van der Waals surface area contributed by atoms with E-state index in [0.29, 0.717) is 11.3 Å². The van der Waals surface area contributed by atoms with E-state index in [9.17, 15) is 22.8 Å². The molecule has 0 spiro atoms. The van der Waals surface area contributed by atoms with Crippen LogP contribution in [0.1, 0.15) is 16.7 Å². The molecule has 0 amide bonds. The third-order valence-corrected chi connectivity index (χ3v) is 4.71. The lowest BCUT2D eigenvalue weighted by atomic mass is 10.0.